The lowest BCUT2D eigenvalue weighted by Gasteiger charge is -2.18. The highest BCUT2D eigenvalue weighted by Gasteiger charge is 2.38. The van der Waals surface area contributed by atoms with Gasteiger partial charge in [-0.05, 0) is 43.2 Å². The van der Waals surface area contributed by atoms with Crippen molar-refractivity contribution in [2.45, 2.75) is 39.0 Å². The first kappa shape index (κ1) is 14.4. The highest BCUT2D eigenvalue weighted by atomic mass is 16.2. The zero-order valence-electron chi connectivity index (χ0n) is 13.1. The Morgan fingerprint density at radius 1 is 1.33 bits per heavy atom. The van der Waals surface area contributed by atoms with Crippen LogP contribution in [0.5, 0.6) is 0 Å². The maximum Gasteiger partial charge on any atom is 0.254 e. The van der Waals surface area contributed by atoms with Crippen molar-refractivity contribution in [1.82, 2.24) is 9.88 Å². The van der Waals surface area contributed by atoms with Crippen molar-refractivity contribution in [3.63, 3.8) is 0 Å². The summed E-state index contributed by atoms with van der Waals surface area (Å²) in [5.41, 5.74) is 1.80. The van der Waals surface area contributed by atoms with E-state index in [4.69, 9.17) is 0 Å². The lowest BCUT2D eigenvalue weighted by Crippen LogP contribution is -2.29. The Balaban J connectivity index is 1.79. The summed E-state index contributed by atoms with van der Waals surface area (Å²) >= 11 is 0. The molecule has 0 radical (unpaired) electrons. The van der Waals surface area contributed by atoms with Crippen molar-refractivity contribution >= 4 is 11.7 Å². The minimum atomic E-state index is 0.181. The van der Waals surface area contributed by atoms with Crippen LogP contribution in [0.25, 0.3) is 0 Å². The number of hydrogen-bond donors (Lipinski definition) is 1. The summed E-state index contributed by atoms with van der Waals surface area (Å²) in [7, 11) is 1.85. The van der Waals surface area contributed by atoms with Crippen molar-refractivity contribution in [3.05, 3.63) is 23.4 Å². The number of aryl methyl sites for hydroxylation is 1. The second-order valence-corrected chi connectivity index (χ2v) is 6.39. The topological polar surface area (TPSA) is 45.2 Å². The Hall–Kier alpha value is -1.58. The molecule has 1 N–H and O–H groups in total. The average molecular weight is 287 g/mol. The van der Waals surface area contributed by atoms with Crippen LogP contribution in [-0.2, 0) is 6.42 Å². The SMILES string of the molecule is CCCc1cc(C(=O)N2CC3CCCC3C2)cc(NC)n1. The number of pyridine rings is 1. The number of likely N-dealkylation sites (tertiary alicyclic amines) is 1. The van der Waals surface area contributed by atoms with E-state index in [2.05, 4.69) is 22.1 Å². The Labute approximate surface area is 126 Å². The molecule has 4 heteroatoms. The van der Waals surface area contributed by atoms with Gasteiger partial charge in [0.05, 0.1) is 0 Å². The van der Waals surface area contributed by atoms with Crippen LogP contribution in [0.15, 0.2) is 12.1 Å². The summed E-state index contributed by atoms with van der Waals surface area (Å²) < 4.78 is 0. The van der Waals surface area contributed by atoms with Gasteiger partial charge in [0.15, 0.2) is 0 Å². The van der Waals surface area contributed by atoms with Crippen LogP contribution in [0, 0.1) is 11.8 Å². The van der Waals surface area contributed by atoms with Crippen molar-refractivity contribution in [1.29, 1.82) is 0 Å². The number of carbonyl (C=O) groups is 1. The molecule has 1 saturated carbocycles. The van der Waals surface area contributed by atoms with E-state index in [-0.39, 0.29) is 5.91 Å². The van der Waals surface area contributed by atoms with Crippen LogP contribution in [0.2, 0.25) is 0 Å². The highest BCUT2D eigenvalue weighted by Crippen LogP contribution is 2.38. The minimum absolute atomic E-state index is 0.181. The molecule has 0 aromatic carbocycles. The van der Waals surface area contributed by atoms with E-state index < -0.39 is 0 Å². The van der Waals surface area contributed by atoms with Gasteiger partial charge >= 0.3 is 0 Å². The largest absolute Gasteiger partial charge is 0.373 e. The van der Waals surface area contributed by atoms with E-state index in [9.17, 15) is 4.79 Å². The number of rotatable bonds is 4. The summed E-state index contributed by atoms with van der Waals surface area (Å²) in [6.45, 7) is 4.03. The van der Waals surface area contributed by atoms with Crippen molar-refractivity contribution < 1.29 is 4.79 Å². The number of aromatic nitrogens is 1. The Bertz CT molecular complexity index is 517. The van der Waals surface area contributed by atoms with Gasteiger partial charge in [0.25, 0.3) is 5.91 Å². The first-order valence-electron chi connectivity index (χ1n) is 8.19. The van der Waals surface area contributed by atoms with Crippen LogP contribution >= 0.6 is 0 Å². The number of hydrogen-bond acceptors (Lipinski definition) is 3. The van der Waals surface area contributed by atoms with Crippen LogP contribution in [0.1, 0.15) is 48.7 Å². The molecule has 21 heavy (non-hydrogen) atoms. The quantitative estimate of drug-likeness (QED) is 0.926. The van der Waals surface area contributed by atoms with Gasteiger partial charge in [-0.15, -0.1) is 0 Å². The van der Waals surface area contributed by atoms with Crippen molar-refractivity contribution in [3.8, 4) is 0 Å². The molecular weight excluding hydrogens is 262 g/mol. The lowest BCUT2D eigenvalue weighted by molar-refractivity contribution is 0.0780. The molecule has 1 aromatic heterocycles. The molecule has 1 aliphatic carbocycles. The number of fused-ring (bicyclic) bond motifs is 1. The van der Waals surface area contributed by atoms with Gasteiger partial charge in [-0.2, -0.15) is 0 Å². The Morgan fingerprint density at radius 2 is 2.05 bits per heavy atom. The zero-order valence-corrected chi connectivity index (χ0v) is 13.1. The third-order valence-electron chi connectivity index (χ3n) is 4.90. The molecule has 2 aliphatic rings. The van der Waals surface area contributed by atoms with Crippen molar-refractivity contribution in [2.75, 3.05) is 25.5 Å². The van der Waals surface area contributed by atoms with Gasteiger partial charge in [-0.3, -0.25) is 4.79 Å². The summed E-state index contributed by atoms with van der Waals surface area (Å²) in [5.74, 6) is 2.47. The smallest absolute Gasteiger partial charge is 0.254 e. The average Bonchev–Trinajstić information content (AvgIpc) is 3.07. The molecule has 114 valence electrons. The third kappa shape index (κ3) is 2.89. The van der Waals surface area contributed by atoms with Gasteiger partial charge in [-0.25, -0.2) is 4.98 Å². The predicted molar refractivity (Wildman–Crippen MR) is 84.5 cm³/mol. The molecule has 2 fully saturated rings. The van der Waals surface area contributed by atoms with E-state index in [0.29, 0.717) is 0 Å². The third-order valence-corrected chi connectivity index (χ3v) is 4.90. The van der Waals surface area contributed by atoms with Gasteiger partial charge < -0.3 is 10.2 Å². The maximum absolute atomic E-state index is 12.8. The van der Waals surface area contributed by atoms with Crippen LogP contribution in [-0.4, -0.2) is 35.9 Å². The molecule has 1 saturated heterocycles. The summed E-state index contributed by atoms with van der Waals surface area (Å²) in [5, 5.41) is 3.07. The molecule has 0 bridgehead atoms. The monoisotopic (exact) mass is 287 g/mol. The van der Waals surface area contributed by atoms with Crippen molar-refractivity contribution in [2.24, 2.45) is 11.8 Å². The molecule has 0 spiro atoms. The van der Waals surface area contributed by atoms with Gasteiger partial charge in [0.1, 0.15) is 5.82 Å². The second-order valence-electron chi connectivity index (χ2n) is 6.39. The van der Waals surface area contributed by atoms with E-state index in [1.807, 2.05) is 19.2 Å². The molecule has 2 unspecified atom stereocenters. The number of amides is 1. The molecule has 1 aromatic rings. The first-order chi connectivity index (χ1) is 10.2. The normalized spacial score (nSPS) is 24.2. The molecule has 3 rings (SSSR count). The Kier molecular flexibility index (Phi) is 4.13. The molecule has 1 amide bonds. The molecular formula is C17H25N3O. The van der Waals surface area contributed by atoms with E-state index in [1.165, 1.54) is 19.3 Å². The second kappa shape index (κ2) is 6.04. The zero-order chi connectivity index (χ0) is 14.8. The number of anilines is 1. The van der Waals surface area contributed by atoms with Crippen LogP contribution in [0.3, 0.4) is 0 Å². The fraction of sp³-hybridized carbons (Fsp3) is 0.647. The fourth-order valence-corrected chi connectivity index (χ4v) is 3.81. The molecule has 2 heterocycles. The summed E-state index contributed by atoms with van der Waals surface area (Å²) in [6, 6.07) is 3.86. The van der Waals surface area contributed by atoms with E-state index in [1.54, 1.807) is 0 Å². The minimum Gasteiger partial charge on any atom is -0.373 e. The Morgan fingerprint density at radius 3 is 2.67 bits per heavy atom. The highest BCUT2D eigenvalue weighted by molar-refractivity contribution is 5.95. The van der Waals surface area contributed by atoms with Crippen LogP contribution in [0.4, 0.5) is 5.82 Å². The van der Waals surface area contributed by atoms with Gasteiger partial charge in [-0.1, -0.05) is 19.8 Å². The fourth-order valence-electron chi connectivity index (χ4n) is 3.81. The van der Waals surface area contributed by atoms with Gasteiger partial charge in [0.2, 0.25) is 0 Å². The van der Waals surface area contributed by atoms with Crippen LogP contribution < -0.4 is 5.32 Å². The number of nitrogens with zero attached hydrogens (tertiary/aromatic N) is 2. The van der Waals surface area contributed by atoms with Gasteiger partial charge in [0, 0.05) is 31.4 Å². The number of carbonyl (C=O) groups excluding carboxylic acids is 1. The molecule has 1 aliphatic heterocycles. The first-order valence-corrected chi connectivity index (χ1v) is 8.19. The predicted octanol–water partition coefficient (Wildman–Crippen LogP) is 2.95. The standard InChI is InChI=1S/C17H25N3O/c1-3-5-15-8-14(9-16(18-2)19-15)17(21)20-10-12-6-4-7-13(12)11-20/h8-9,12-13H,3-7,10-11H2,1-2H3,(H,18,19). The van der Waals surface area contributed by atoms with E-state index >= 15 is 0 Å². The lowest BCUT2D eigenvalue weighted by atomic mass is 10.0. The summed E-state index contributed by atoms with van der Waals surface area (Å²) in [4.78, 5) is 19.4. The summed E-state index contributed by atoms with van der Waals surface area (Å²) in [6.07, 6.45) is 5.90. The molecule has 2 atom stereocenters. The molecule has 4 nitrogen and oxygen atoms in total. The maximum atomic E-state index is 12.8. The number of nitrogens with one attached hydrogen (secondary N) is 1. The van der Waals surface area contributed by atoms with E-state index in [0.717, 1.165) is 54.8 Å².